The molecule has 164 valence electrons. The van der Waals surface area contributed by atoms with Crippen molar-refractivity contribution in [3.05, 3.63) is 46.3 Å². The predicted molar refractivity (Wildman–Crippen MR) is 121 cm³/mol. The van der Waals surface area contributed by atoms with E-state index in [0.29, 0.717) is 22.8 Å². The van der Waals surface area contributed by atoms with Crippen molar-refractivity contribution in [2.45, 2.75) is 31.6 Å². The van der Waals surface area contributed by atoms with Gasteiger partial charge in [0.1, 0.15) is 11.5 Å². The number of hydrogen-bond donors (Lipinski definition) is 3. The molecule has 1 saturated heterocycles. The fourth-order valence-corrected chi connectivity index (χ4v) is 4.33. The summed E-state index contributed by atoms with van der Waals surface area (Å²) >= 11 is 0. The van der Waals surface area contributed by atoms with Crippen molar-refractivity contribution in [1.82, 2.24) is 25.3 Å². The second kappa shape index (κ2) is 9.15. The summed E-state index contributed by atoms with van der Waals surface area (Å²) in [4.78, 5) is 30.2. The van der Waals surface area contributed by atoms with Gasteiger partial charge < -0.3 is 20.5 Å². The number of nitrogens with zero attached hydrogens (tertiary/aromatic N) is 4. The highest BCUT2D eigenvalue weighted by Gasteiger charge is 2.23. The molecule has 3 aromatic rings. The number of hydrogen-bond acceptors (Lipinski definition) is 7. The number of fused-ring (bicyclic) bond motifs is 1. The first-order valence-electron chi connectivity index (χ1n) is 10.5. The third kappa shape index (κ3) is 4.47. The van der Waals surface area contributed by atoms with Crippen LogP contribution in [0.1, 0.15) is 37.3 Å². The van der Waals surface area contributed by atoms with Gasteiger partial charge in [0.05, 0.1) is 17.6 Å². The standard InChI is InChI=1S/C21H24FN7O.ClH/c22-16-11-15-18(13-3-1-2-4-13)26-21(28-19(15)27-20(16)30)25-17-6-5-14(12-24-17)29-9-7-23-8-10-29;/h5-6,11-13,23H,1-4,7-10H2,(H2,24,25,26,27,28,30);1H. The zero-order valence-electron chi connectivity index (χ0n) is 17.0. The van der Waals surface area contributed by atoms with Crippen molar-refractivity contribution in [1.29, 1.82) is 0 Å². The van der Waals surface area contributed by atoms with Gasteiger partial charge in [-0.2, -0.15) is 4.98 Å². The van der Waals surface area contributed by atoms with Crippen LogP contribution in [-0.4, -0.2) is 46.1 Å². The molecule has 1 saturated carbocycles. The van der Waals surface area contributed by atoms with Crippen LogP contribution in [0.2, 0.25) is 0 Å². The molecular formula is C21H25ClFN7O. The van der Waals surface area contributed by atoms with Crippen LogP contribution in [-0.2, 0) is 0 Å². The first-order valence-corrected chi connectivity index (χ1v) is 10.5. The van der Waals surface area contributed by atoms with Crippen LogP contribution in [0.25, 0.3) is 11.0 Å². The highest BCUT2D eigenvalue weighted by Crippen LogP contribution is 2.36. The number of piperazine rings is 1. The van der Waals surface area contributed by atoms with Crippen LogP contribution in [0.4, 0.5) is 21.8 Å². The Morgan fingerprint density at radius 2 is 1.90 bits per heavy atom. The van der Waals surface area contributed by atoms with Gasteiger partial charge in [0.15, 0.2) is 5.82 Å². The van der Waals surface area contributed by atoms with Gasteiger partial charge in [-0.05, 0) is 31.0 Å². The molecule has 2 aliphatic rings. The molecule has 4 heterocycles. The van der Waals surface area contributed by atoms with E-state index in [1.807, 2.05) is 18.3 Å². The third-order valence-electron chi connectivity index (χ3n) is 5.91. The Hall–Kier alpha value is -2.78. The van der Waals surface area contributed by atoms with E-state index < -0.39 is 11.4 Å². The van der Waals surface area contributed by atoms with E-state index in [2.05, 4.69) is 30.5 Å². The number of aromatic amines is 1. The average molecular weight is 446 g/mol. The second-order valence-corrected chi connectivity index (χ2v) is 7.89. The van der Waals surface area contributed by atoms with Gasteiger partial charge >= 0.3 is 0 Å². The second-order valence-electron chi connectivity index (χ2n) is 7.89. The molecule has 3 N–H and O–H groups in total. The van der Waals surface area contributed by atoms with Crippen molar-refractivity contribution >= 4 is 40.9 Å². The smallest absolute Gasteiger partial charge is 0.285 e. The minimum Gasteiger partial charge on any atom is -0.368 e. The SMILES string of the molecule is Cl.O=c1[nH]c2nc(Nc3ccc(N4CCNCC4)cn3)nc(C3CCCC3)c2cc1F. The summed E-state index contributed by atoms with van der Waals surface area (Å²) in [5.74, 6) is 0.407. The maximum Gasteiger partial charge on any atom is 0.285 e. The Morgan fingerprint density at radius 1 is 1.13 bits per heavy atom. The minimum absolute atomic E-state index is 0. The highest BCUT2D eigenvalue weighted by atomic mass is 35.5. The molecule has 0 radical (unpaired) electrons. The van der Waals surface area contributed by atoms with E-state index in [9.17, 15) is 9.18 Å². The summed E-state index contributed by atoms with van der Waals surface area (Å²) in [6, 6.07) is 5.18. The molecule has 3 aromatic heterocycles. The number of nitrogens with one attached hydrogen (secondary N) is 3. The van der Waals surface area contributed by atoms with Crippen molar-refractivity contribution in [3.8, 4) is 0 Å². The molecule has 2 fully saturated rings. The average Bonchev–Trinajstić information content (AvgIpc) is 3.30. The summed E-state index contributed by atoms with van der Waals surface area (Å²) < 4.78 is 13.9. The predicted octanol–water partition coefficient (Wildman–Crippen LogP) is 3.08. The molecule has 31 heavy (non-hydrogen) atoms. The summed E-state index contributed by atoms with van der Waals surface area (Å²) in [6.07, 6.45) is 6.09. The zero-order chi connectivity index (χ0) is 20.5. The zero-order valence-corrected chi connectivity index (χ0v) is 17.8. The number of rotatable bonds is 4. The van der Waals surface area contributed by atoms with Gasteiger partial charge in [-0.25, -0.2) is 14.4 Å². The number of pyridine rings is 2. The number of aromatic nitrogens is 4. The van der Waals surface area contributed by atoms with Gasteiger partial charge in [-0.3, -0.25) is 4.79 Å². The molecular weight excluding hydrogens is 421 g/mol. The Kier molecular flexibility index (Phi) is 6.33. The van der Waals surface area contributed by atoms with Crippen LogP contribution < -0.4 is 21.1 Å². The van der Waals surface area contributed by atoms with Crippen LogP contribution >= 0.6 is 12.4 Å². The van der Waals surface area contributed by atoms with Crippen molar-refractivity contribution in [2.75, 3.05) is 36.4 Å². The lowest BCUT2D eigenvalue weighted by atomic mass is 10.0. The normalized spacial score (nSPS) is 17.0. The first-order chi connectivity index (χ1) is 14.7. The van der Waals surface area contributed by atoms with Gasteiger partial charge in [0, 0.05) is 37.5 Å². The van der Waals surface area contributed by atoms with E-state index in [1.54, 1.807) is 0 Å². The maximum absolute atomic E-state index is 13.9. The van der Waals surface area contributed by atoms with Crippen LogP contribution in [0.15, 0.2) is 29.2 Å². The summed E-state index contributed by atoms with van der Waals surface area (Å²) in [6.45, 7) is 3.84. The van der Waals surface area contributed by atoms with E-state index >= 15 is 0 Å². The van der Waals surface area contributed by atoms with E-state index in [-0.39, 0.29) is 18.3 Å². The fraction of sp³-hybridized carbons (Fsp3) is 0.429. The molecule has 0 atom stereocenters. The Morgan fingerprint density at radius 3 is 2.61 bits per heavy atom. The number of halogens is 2. The summed E-state index contributed by atoms with van der Waals surface area (Å²) in [5.41, 5.74) is 1.43. The lowest BCUT2D eigenvalue weighted by Gasteiger charge is -2.29. The van der Waals surface area contributed by atoms with Gasteiger partial charge in [0.2, 0.25) is 5.95 Å². The third-order valence-corrected chi connectivity index (χ3v) is 5.91. The molecule has 0 aromatic carbocycles. The van der Waals surface area contributed by atoms with Gasteiger partial charge in [-0.15, -0.1) is 12.4 Å². The highest BCUT2D eigenvalue weighted by molar-refractivity contribution is 5.85. The molecule has 0 unspecified atom stereocenters. The Balaban J connectivity index is 0.00000231. The number of H-pyrrole nitrogens is 1. The lowest BCUT2D eigenvalue weighted by molar-refractivity contribution is 0.589. The number of anilines is 3. The minimum atomic E-state index is -0.809. The van der Waals surface area contributed by atoms with Crippen LogP contribution in [0.5, 0.6) is 0 Å². The Bertz CT molecular complexity index is 1110. The van der Waals surface area contributed by atoms with Crippen LogP contribution in [0, 0.1) is 5.82 Å². The van der Waals surface area contributed by atoms with Crippen molar-refractivity contribution < 1.29 is 4.39 Å². The van der Waals surface area contributed by atoms with E-state index in [1.165, 1.54) is 6.07 Å². The largest absolute Gasteiger partial charge is 0.368 e. The Labute approximate surface area is 185 Å². The molecule has 1 aliphatic heterocycles. The molecule has 5 rings (SSSR count). The summed E-state index contributed by atoms with van der Waals surface area (Å²) in [5, 5.41) is 7.06. The van der Waals surface area contributed by atoms with Gasteiger partial charge in [0.25, 0.3) is 5.56 Å². The summed E-state index contributed by atoms with van der Waals surface area (Å²) in [7, 11) is 0. The van der Waals surface area contributed by atoms with E-state index in [0.717, 1.165) is 63.2 Å². The molecule has 1 aliphatic carbocycles. The first kappa shape index (κ1) is 21.5. The molecule has 8 nitrogen and oxygen atoms in total. The molecule has 0 spiro atoms. The quantitative estimate of drug-likeness (QED) is 0.567. The van der Waals surface area contributed by atoms with Crippen molar-refractivity contribution in [3.63, 3.8) is 0 Å². The maximum atomic E-state index is 13.9. The molecule has 0 bridgehead atoms. The van der Waals surface area contributed by atoms with Crippen molar-refractivity contribution in [2.24, 2.45) is 0 Å². The monoisotopic (exact) mass is 445 g/mol. The fourth-order valence-electron chi connectivity index (χ4n) is 4.33. The lowest BCUT2D eigenvalue weighted by Crippen LogP contribution is -2.43. The molecule has 10 heteroatoms. The van der Waals surface area contributed by atoms with E-state index in [4.69, 9.17) is 4.98 Å². The van der Waals surface area contributed by atoms with Crippen LogP contribution in [0.3, 0.4) is 0 Å². The topological polar surface area (TPSA) is 98.8 Å². The van der Waals surface area contributed by atoms with Gasteiger partial charge in [-0.1, -0.05) is 12.8 Å². The molecule has 0 amide bonds.